The topological polar surface area (TPSA) is 29.5 Å². The molecule has 0 bridgehead atoms. The molecule has 70 valence electrons. The molecule has 1 aliphatic rings. The van der Waals surface area contributed by atoms with Gasteiger partial charge in [0, 0.05) is 6.42 Å². The van der Waals surface area contributed by atoms with E-state index in [1.807, 2.05) is 6.92 Å². The SMILES string of the molecule is C#CC.CC1CC(O)O[C@H](C)C1. The van der Waals surface area contributed by atoms with E-state index in [0.717, 1.165) is 12.8 Å². The molecular formula is C10H18O2. The van der Waals surface area contributed by atoms with Crippen molar-refractivity contribution >= 4 is 0 Å². The van der Waals surface area contributed by atoms with E-state index in [1.165, 1.54) is 0 Å². The van der Waals surface area contributed by atoms with Crippen molar-refractivity contribution in [2.24, 2.45) is 5.92 Å². The first kappa shape index (κ1) is 11.5. The Balaban J connectivity index is 0.000000354. The van der Waals surface area contributed by atoms with E-state index in [1.54, 1.807) is 6.92 Å². The van der Waals surface area contributed by atoms with Gasteiger partial charge in [0.25, 0.3) is 0 Å². The summed E-state index contributed by atoms with van der Waals surface area (Å²) in [5, 5.41) is 9.03. The highest BCUT2D eigenvalue weighted by molar-refractivity contribution is 4.73. The largest absolute Gasteiger partial charge is 0.368 e. The molecule has 12 heavy (non-hydrogen) atoms. The third kappa shape index (κ3) is 5.17. The maximum absolute atomic E-state index is 9.03. The van der Waals surface area contributed by atoms with Crippen LogP contribution in [0.15, 0.2) is 0 Å². The van der Waals surface area contributed by atoms with Crippen LogP contribution in [-0.2, 0) is 4.74 Å². The molecule has 1 heterocycles. The first-order valence-corrected chi connectivity index (χ1v) is 4.31. The summed E-state index contributed by atoms with van der Waals surface area (Å²) >= 11 is 0. The number of ether oxygens (including phenoxy) is 1. The molecule has 0 aliphatic carbocycles. The lowest BCUT2D eigenvalue weighted by Crippen LogP contribution is -2.29. The van der Waals surface area contributed by atoms with E-state index in [4.69, 9.17) is 9.84 Å². The van der Waals surface area contributed by atoms with E-state index < -0.39 is 6.29 Å². The van der Waals surface area contributed by atoms with Gasteiger partial charge in [0.2, 0.25) is 0 Å². The van der Waals surface area contributed by atoms with Crippen LogP contribution >= 0.6 is 0 Å². The fourth-order valence-electron chi connectivity index (χ4n) is 1.39. The Bertz CT molecular complexity index is 123. The lowest BCUT2D eigenvalue weighted by Gasteiger charge is -2.28. The second-order valence-electron chi connectivity index (χ2n) is 3.27. The third-order valence-corrected chi connectivity index (χ3v) is 1.73. The van der Waals surface area contributed by atoms with Gasteiger partial charge in [-0.3, -0.25) is 0 Å². The van der Waals surface area contributed by atoms with Gasteiger partial charge in [-0.1, -0.05) is 6.92 Å². The summed E-state index contributed by atoms with van der Waals surface area (Å²) in [5.74, 6) is 2.86. The highest BCUT2D eigenvalue weighted by Gasteiger charge is 2.21. The smallest absolute Gasteiger partial charge is 0.155 e. The Labute approximate surface area is 74.9 Å². The van der Waals surface area contributed by atoms with E-state index in [-0.39, 0.29) is 6.10 Å². The number of aliphatic hydroxyl groups excluding tert-OH is 1. The lowest BCUT2D eigenvalue weighted by atomic mass is 9.98. The number of aliphatic hydroxyl groups is 1. The Morgan fingerprint density at radius 2 is 1.92 bits per heavy atom. The minimum absolute atomic E-state index is 0.240. The summed E-state index contributed by atoms with van der Waals surface area (Å²) in [7, 11) is 0. The Morgan fingerprint density at radius 1 is 1.42 bits per heavy atom. The van der Waals surface area contributed by atoms with Crippen molar-refractivity contribution in [3.05, 3.63) is 0 Å². The Kier molecular flexibility index (Phi) is 5.79. The summed E-state index contributed by atoms with van der Waals surface area (Å²) < 4.78 is 5.11. The van der Waals surface area contributed by atoms with Gasteiger partial charge in [-0.25, -0.2) is 0 Å². The summed E-state index contributed by atoms with van der Waals surface area (Å²) in [4.78, 5) is 0. The predicted octanol–water partition coefficient (Wildman–Crippen LogP) is 1.78. The second-order valence-corrected chi connectivity index (χ2v) is 3.27. The minimum Gasteiger partial charge on any atom is -0.368 e. The molecule has 0 aromatic heterocycles. The van der Waals surface area contributed by atoms with Crippen molar-refractivity contribution in [2.75, 3.05) is 0 Å². The average molecular weight is 170 g/mol. The predicted molar refractivity (Wildman–Crippen MR) is 49.5 cm³/mol. The van der Waals surface area contributed by atoms with Crippen molar-refractivity contribution in [3.8, 4) is 12.3 Å². The van der Waals surface area contributed by atoms with Crippen LogP contribution < -0.4 is 0 Å². The second kappa shape index (κ2) is 6.05. The minimum atomic E-state index is -0.510. The number of hydrogen-bond acceptors (Lipinski definition) is 2. The van der Waals surface area contributed by atoms with E-state index in [9.17, 15) is 0 Å². The van der Waals surface area contributed by atoms with Crippen molar-refractivity contribution in [1.82, 2.24) is 0 Å². The van der Waals surface area contributed by atoms with Crippen LogP contribution in [0.5, 0.6) is 0 Å². The molecule has 0 radical (unpaired) electrons. The van der Waals surface area contributed by atoms with Gasteiger partial charge in [0.15, 0.2) is 6.29 Å². The highest BCUT2D eigenvalue weighted by Crippen LogP contribution is 2.22. The first-order chi connectivity index (χ1) is 5.60. The van der Waals surface area contributed by atoms with Crippen molar-refractivity contribution < 1.29 is 9.84 Å². The first-order valence-electron chi connectivity index (χ1n) is 4.31. The molecule has 0 saturated carbocycles. The van der Waals surface area contributed by atoms with Gasteiger partial charge in [0.1, 0.15) is 0 Å². The van der Waals surface area contributed by atoms with Crippen molar-refractivity contribution in [2.45, 2.75) is 46.0 Å². The van der Waals surface area contributed by atoms with Crippen molar-refractivity contribution in [3.63, 3.8) is 0 Å². The molecule has 0 amide bonds. The van der Waals surface area contributed by atoms with Crippen LogP contribution in [0.25, 0.3) is 0 Å². The van der Waals surface area contributed by atoms with Gasteiger partial charge >= 0.3 is 0 Å². The standard InChI is InChI=1S/C7H14O2.C3H4/c1-5-3-6(2)9-7(8)4-5;1-3-2/h5-8H,3-4H2,1-2H3;1H,2H3/t5?,6-,7?;/m1./s1. The van der Waals surface area contributed by atoms with Crippen LogP contribution in [0.4, 0.5) is 0 Å². The average Bonchev–Trinajstić information content (AvgIpc) is 1.84. The zero-order valence-electron chi connectivity index (χ0n) is 8.08. The maximum Gasteiger partial charge on any atom is 0.155 e. The lowest BCUT2D eigenvalue weighted by molar-refractivity contribution is -0.169. The molecule has 1 rings (SSSR count). The normalized spacial score (nSPS) is 34.4. The molecule has 2 unspecified atom stereocenters. The maximum atomic E-state index is 9.03. The zero-order chi connectivity index (χ0) is 9.56. The molecule has 1 N–H and O–H groups in total. The molecule has 0 aromatic rings. The molecule has 2 heteroatoms. The van der Waals surface area contributed by atoms with Gasteiger partial charge < -0.3 is 9.84 Å². The Hall–Kier alpha value is -0.520. The number of rotatable bonds is 0. The van der Waals surface area contributed by atoms with Crippen LogP contribution in [0, 0.1) is 18.3 Å². The summed E-state index contributed by atoms with van der Waals surface area (Å²) in [6, 6.07) is 0. The molecule has 2 nitrogen and oxygen atoms in total. The third-order valence-electron chi connectivity index (χ3n) is 1.73. The molecule has 3 atom stereocenters. The van der Waals surface area contributed by atoms with Gasteiger partial charge in [0.05, 0.1) is 6.10 Å². The van der Waals surface area contributed by atoms with E-state index in [2.05, 4.69) is 19.3 Å². The molecule has 1 fully saturated rings. The molecule has 1 saturated heterocycles. The zero-order valence-corrected chi connectivity index (χ0v) is 8.08. The van der Waals surface area contributed by atoms with Crippen LogP contribution in [0.3, 0.4) is 0 Å². The molecule has 1 aliphatic heterocycles. The van der Waals surface area contributed by atoms with Gasteiger partial charge in [-0.05, 0) is 26.2 Å². The quantitative estimate of drug-likeness (QED) is 0.561. The van der Waals surface area contributed by atoms with Crippen LogP contribution in [-0.4, -0.2) is 17.5 Å². The van der Waals surface area contributed by atoms with Crippen LogP contribution in [0.2, 0.25) is 0 Å². The summed E-state index contributed by atoms with van der Waals surface area (Å²) in [6.07, 6.45) is 6.20. The van der Waals surface area contributed by atoms with Crippen LogP contribution in [0.1, 0.15) is 33.6 Å². The number of hydrogen-bond donors (Lipinski definition) is 1. The fraction of sp³-hybridized carbons (Fsp3) is 0.800. The summed E-state index contributed by atoms with van der Waals surface area (Å²) in [5.41, 5.74) is 0. The molecule has 0 spiro atoms. The van der Waals surface area contributed by atoms with E-state index >= 15 is 0 Å². The Morgan fingerprint density at radius 3 is 2.25 bits per heavy atom. The molecule has 0 aromatic carbocycles. The van der Waals surface area contributed by atoms with Gasteiger partial charge in [-0.15, -0.1) is 12.3 Å². The van der Waals surface area contributed by atoms with Gasteiger partial charge in [-0.2, -0.15) is 0 Å². The monoisotopic (exact) mass is 170 g/mol. The molecular weight excluding hydrogens is 152 g/mol. The fourth-order valence-corrected chi connectivity index (χ4v) is 1.39. The van der Waals surface area contributed by atoms with E-state index in [0.29, 0.717) is 5.92 Å². The highest BCUT2D eigenvalue weighted by atomic mass is 16.6. The summed E-state index contributed by atoms with van der Waals surface area (Å²) in [6.45, 7) is 5.79. The number of terminal acetylenes is 1. The van der Waals surface area contributed by atoms with Crippen molar-refractivity contribution in [1.29, 1.82) is 0 Å².